The van der Waals surface area contributed by atoms with Crippen molar-refractivity contribution >= 4 is 22.6 Å². The number of alkyl halides is 1. The van der Waals surface area contributed by atoms with Gasteiger partial charge in [-0.1, -0.05) is 0 Å². The molecule has 0 atom stereocenters. The standard InChI is InChI=1S/C14H15ClFN5/c1-2-20-9-17-19-14(20)8-21-12-4-3-10(16)7-11(12)18-13(21)5-6-15/h3-4,7,9H,2,5-6,8H2,1H3. The van der Waals surface area contributed by atoms with Crippen molar-refractivity contribution in [2.75, 3.05) is 5.88 Å². The largest absolute Gasteiger partial charge is 0.320 e. The lowest BCUT2D eigenvalue weighted by atomic mass is 10.3. The maximum atomic E-state index is 13.4. The van der Waals surface area contributed by atoms with Gasteiger partial charge >= 0.3 is 0 Å². The van der Waals surface area contributed by atoms with Gasteiger partial charge in [0.1, 0.15) is 18.0 Å². The molecule has 3 rings (SSSR count). The summed E-state index contributed by atoms with van der Waals surface area (Å²) in [4.78, 5) is 4.48. The zero-order chi connectivity index (χ0) is 14.8. The molecule has 0 bridgehead atoms. The summed E-state index contributed by atoms with van der Waals surface area (Å²) in [6, 6.07) is 4.62. The second kappa shape index (κ2) is 5.81. The molecular formula is C14H15ClFN5. The Morgan fingerprint density at radius 1 is 1.29 bits per heavy atom. The van der Waals surface area contributed by atoms with Crippen LogP contribution in [0.4, 0.5) is 4.39 Å². The number of hydrogen-bond acceptors (Lipinski definition) is 3. The molecule has 5 nitrogen and oxygen atoms in total. The van der Waals surface area contributed by atoms with E-state index in [0.29, 0.717) is 24.4 Å². The molecule has 21 heavy (non-hydrogen) atoms. The van der Waals surface area contributed by atoms with Crippen molar-refractivity contribution in [3.05, 3.63) is 42.0 Å². The third-order valence-corrected chi connectivity index (χ3v) is 3.63. The zero-order valence-electron chi connectivity index (χ0n) is 11.6. The number of rotatable bonds is 5. The second-order valence-corrected chi connectivity index (χ2v) is 5.10. The van der Waals surface area contributed by atoms with Crippen LogP contribution in [0.2, 0.25) is 0 Å². The molecule has 0 aliphatic heterocycles. The minimum Gasteiger partial charge on any atom is -0.320 e. The molecule has 0 N–H and O–H groups in total. The van der Waals surface area contributed by atoms with E-state index in [0.717, 1.165) is 23.7 Å². The predicted molar refractivity (Wildman–Crippen MR) is 78.9 cm³/mol. The Hall–Kier alpha value is -1.95. The first-order valence-electron chi connectivity index (χ1n) is 6.80. The number of fused-ring (bicyclic) bond motifs is 1. The van der Waals surface area contributed by atoms with E-state index in [9.17, 15) is 4.39 Å². The van der Waals surface area contributed by atoms with Crippen LogP contribution in [0.3, 0.4) is 0 Å². The maximum Gasteiger partial charge on any atom is 0.152 e. The van der Waals surface area contributed by atoms with Gasteiger partial charge in [-0.3, -0.25) is 0 Å². The maximum absolute atomic E-state index is 13.4. The van der Waals surface area contributed by atoms with Crippen LogP contribution in [0, 0.1) is 5.82 Å². The molecule has 0 radical (unpaired) electrons. The molecule has 3 aromatic rings. The Labute approximate surface area is 126 Å². The van der Waals surface area contributed by atoms with Gasteiger partial charge < -0.3 is 9.13 Å². The van der Waals surface area contributed by atoms with E-state index >= 15 is 0 Å². The van der Waals surface area contributed by atoms with Gasteiger partial charge in [0.15, 0.2) is 5.82 Å². The van der Waals surface area contributed by atoms with Crippen molar-refractivity contribution in [3.8, 4) is 0 Å². The lowest BCUT2D eigenvalue weighted by molar-refractivity contribution is 0.628. The van der Waals surface area contributed by atoms with Gasteiger partial charge in [-0.15, -0.1) is 21.8 Å². The lowest BCUT2D eigenvalue weighted by Gasteiger charge is -2.09. The van der Waals surface area contributed by atoms with Gasteiger partial charge in [-0.05, 0) is 19.1 Å². The summed E-state index contributed by atoms with van der Waals surface area (Å²) in [5.41, 5.74) is 1.51. The molecule has 110 valence electrons. The highest BCUT2D eigenvalue weighted by Crippen LogP contribution is 2.19. The Balaban J connectivity index is 2.08. The molecule has 0 aliphatic carbocycles. The molecule has 0 spiro atoms. The molecule has 7 heteroatoms. The number of aryl methyl sites for hydroxylation is 2. The third-order valence-electron chi connectivity index (χ3n) is 3.44. The smallest absolute Gasteiger partial charge is 0.152 e. The van der Waals surface area contributed by atoms with Gasteiger partial charge in [0.2, 0.25) is 0 Å². The number of nitrogens with zero attached hydrogens (tertiary/aromatic N) is 5. The second-order valence-electron chi connectivity index (χ2n) is 4.72. The molecule has 0 saturated heterocycles. The van der Waals surface area contributed by atoms with Crippen LogP contribution in [0.5, 0.6) is 0 Å². The Morgan fingerprint density at radius 3 is 2.90 bits per heavy atom. The van der Waals surface area contributed by atoms with Crippen LogP contribution in [-0.2, 0) is 19.5 Å². The van der Waals surface area contributed by atoms with Crippen molar-refractivity contribution in [2.24, 2.45) is 0 Å². The van der Waals surface area contributed by atoms with Crippen LogP contribution in [0.1, 0.15) is 18.6 Å². The van der Waals surface area contributed by atoms with Crippen LogP contribution < -0.4 is 0 Å². The van der Waals surface area contributed by atoms with Crippen LogP contribution in [0.15, 0.2) is 24.5 Å². The highest BCUT2D eigenvalue weighted by molar-refractivity contribution is 6.17. The number of imidazole rings is 1. The average Bonchev–Trinajstić information content (AvgIpc) is 3.04. The molecule has 1 aromatic carbocycles. The fourth-order valence-corrected chi connectivity index (χ4v) is 2.58. The predicted octanol–water partition coefficient (Wildman–Crippen LogP) is 2.62. The summed E-state index contributed by atoms with van der Waals surface area (Å²) in [5.74, 6) is 1.85. The van der Waals surface area contributed by atoms with Crippen molar-refractivity contribution in [1.82, 2.24) is 24.3 Å². The number of benzene rings is 1. The molecule has 0 amide bonds. The van der Waals surface area contributed by atoms with Crippen LogP contribution in [-0.4, -0.2) is 30.2 Å². The fourth-order valence-electron chi connectivity index (χ4n) is 2.41. The molecule has 0 unspecified atom stereocenters. The van der Waals surface area contributed by atoms with Gasteiger partial charge in [0.25, 0.3) is 0 Å². The first kappa shape index (κ1) is 14.0. The average molecular weight is 308 g/mol. The summed E-state index contributed by atoms with van der Waals surface area (Å²) >= 11 is 5.85. The SMILES string of the molecule is CCn1cnnc1Cn1c(CCCl)nc2cc(F)ccc21. The molecule has 0 saturated carbocycles. The molecule has 0 fully saturated rings. The first-order valence-corrected chi connectivity index (χ1v) is 7.33. The van der Waals surface area contributed by atoms with E-state index in [-0.39, 0.29) is 5.82 Å². The number of hydrogen-bond donors (Lipinski definition) is 0. The van der Waals surface area contributed by atoms with E-state index in [4.69, 9.17) is 11.6 Å². The summed E-state index contributed by atoms with van der Waals surface area (Å²) in [5, 5.41) is 8.08. The summed E-state index contributed by atoms with van der Waals surface area (Å²) in [6.45, 7) is 3.38. The van der Waals surface area contributed by atoms with Crippen LogP contribution in [0.25, 0.3) is 11.0 Å². The summed E-state index contributed by atoms with van der Waals surface area (Å²) in [6.07, 6.45) is 2.33. The number of aromatic nitrogens is 5. The monoisotopic (exact) mass is 307 g/mol. The zero-order valence-corrected chi connectivity index (χ0v) is 12.4. The van der Waals surface area contributed by atoms with Crippen molar-refractivity contribution in [3.63, 3.8) is 0 Å². The van der Waals surface area contributed by atoms with E-state index in [1.54, 1.807) is 12.4 Å². The fraction of sp³-hybridized carbons (Fsp3) is 0.357. The summed E-state index contributed by atoms with van der Waals surface area (Å²) in [7, 11) is 0. The van der Waals surface area contributed by atoms with Crippen molar-refractivity contribution < 1.29 is 4.39 Å². The Bertz CT molecular complexity index is 764. The van der Waals surface area contributed by atoms with Crippen LogP contribution >= 0.6 is 11.6 Å². The molecular weight excluding hydrogens is 293 g/mol. The highest BCUT2D eigenvalue weighted by atomic mass is 35.5. The Kier molecular flexibility index (Phi) is 3.88. The van der Waals surface area contributed by atoms with Gasteiger partial charge in [0.05, 0.1) is 17.6 Å². The quantitative estimate of drug-likeness (QED) is 0.681. The van der Waals surface area contributed by atoms with E-state index < -0.39 is 0 Å². The van der Waals surface area contributed by atoms with Gasteiger partial charge in [-0.2, -0.15) is 0 Å². The van der Waals surface area contributed by atoms with E-state index in [1.807, 2.05) is 16.1 Å². The van der Waals surface area contributed by atoms with Gasteiger partial charge in [0, 0.05) is 24.9 Å². The minimum absolute atomic E-state index is 0.290. The topological polar surface area (TPSA) is 48.5 Å². The first-order chi connectivity index (χ1) is 10.2. The molecule has 0 aliphatic rings. The number of halogens is 2. The highest BCUT2D eigenvalue weighted by Gasteiger charge is 2.14. The van der Waals surface area contributed by atoms with E-state index in [1.165, 1.54) is 12.1 Å². The Morgan fingerprint density at radius 2 is 2.14 bits per heavy atom. The van der Waals surface area contributed by atoms with Crippen molar-refractivity contribution in [2.45, 2.75) is 26.4 Å². The van der Waals surface area contributed by atoms with Gasteiger partial charge in [-0.25, -0.2) is 9.37 Å². The third kappa shape index (κ3) is 2.63. The molecule has 2 heterocycles. The van der Waals surface area contributed by atoms with Crippen molar-refractivity contribution in [1.29, 1.82) is 0 Å². The minimum atomic E-state index is -0.290. The normalized spacial score (nSPS) is 11.4. The summed E-state index contributed by atoms with van der Waals surface area (Å²) < 4.78 is 17.4. The molecule has 2 aromatic heterocycles. The lowest BCUT2D eigenvalue weighted by Crippen LogP contribution is -2.11. The van der Waals surface area contributed by atoms with E-state index in [2.05, 4.69) is 15.2 Å².